The molecule has 176 valence electrons. The first kappa shape index (κ1) is 20.4. The van der Waals surface area contributed by atoms with E-state index in [9.17, 15) is 4.79 Å². The number of furan rings is 1. The van der Waals surface area contributed by atoms with Crippen LogP contribution in [0.2, 0.25) is 0 Å². The molecule has 0 aliphatic heterocycles. The molecular weight excluding hydrogens is 463 g/mol. The minimum Gasteiger partial charge on any atom is -0.472 e. The van der Waals surface area contributed by atoms with Gasteiger partial charge in [-0.15, -0.1) is 0 Å². The summed E-state index contributed by atoms with van der Waals surface area (Å²) in [4.78, 5) is 32.8. The standard InChI is InChI=1S/C25H17FN8O2/c26-19-18-17(10-29-20(19)14-7-15(9-27-8-14)30-25(35)12-1-2-12)33-34-22(18)24-31-21-16(13-4-6-36-11-13)3-5-28-23(21)32-24/h3-12H,1-2H2,(H,30,35)(H,33,34)(H,28,31,32). The Morgan fingerprint density at radius 2 is 2.03 bits per heavy atom. The first-order chi connectivity index (χ1) is 17.7. The molecule has 6 aromatic rings. The predicted octanol–water partition coefficient (Wildman–Crippen LogP) is 4.71. The summed E-state index contributed by atoms with van der Waals surface area (Å²) in [6.45, 7) is 0. The van der Waals surface area contributed by atoms with Gasteiger partial charge in [-0.2, -0.15) is 5.10 Å². The third kappa shape index (κ3) is 3.32. The average Bonchev–Trinajstić information content (AvgIpc) is 3.27. The molecule has 7 rings (SSSR count). The van der Waals surface area contributed by atoms with E-state index in [-0.39, 0.29) is 22.9 Å². The Morgan fingerprint density at radius 3 is 2.86 bits per heavy atom. The highest BCUT2D eigenvalue weighted by Crippen LogP contribution is 2.35. The highest BCUT2D eigenvalue weighted by Gasteiger charge is 2.29. The van der Waals surface area contributed by atoms with E-state index in [1.165, 1.54) is 18.6 Å². The Labute approximate surface area is 202 Å². The highest BCUT2D eigenvalue weighted by molar-refractivity contribution is 5.98. The lowest BCUT2D eigenvalue weighted by atomic mass is 10.1. The van der Waals surface area contributed by atoms with Crippen molar-refractivity contribution in [2.45, 2.75) is 12.8 Å². The summed E-state index contributed by atoms with van der Waals surface area (Å²) in [5, 5.41) is 10.2. The Kier molecular flexibility index (Phi) is 4.43. The minimum absolute atomic E-state index is 0.0423. The summed E-state index contributed by atoms with van der Waals surface area (Å²) in [5.41, 5.74) is 4.57. The van der Waals surface area contributed by atoms with Crippen molar-refractivity contribution in [3.63, 3.8) is 0 Å². The van der Waals surface area contributed by atoms with Crippen LogP contribution >= 0.6 is 0 Å². The number of nitrogens with zero attached hydrogens (tertiary/aromatic N) is 5. The lowest BCUT2D eigenvalue weighted by Crippen LogP contribution is -2.13. The lowest BCUT2D eigenvalue weighted by Gasteiger charge is -2.07. The van der Waals surface area contributed by atoms with Crippen LogP contribution in [0.15, 0.2) is 59.9 Å². The molecule has 6 heterocycles. The highest BCUT2D eigenvalue weighted by atomic mass is 19.1. The summed E-state index contributed by atoms with van der Waals surface area (Å²) < 4.78 is 21.1. The fourth-order valence-electron chi connectivity index (χ4n) is 4.25. The second-order valence-corrected chi connectivity index (χ2v) is 8.66. The van der Waals surface area contributed by atoms with Gasteiger partial charge in [-0.05, 0) is 31.0 Å². The number of carbonyl (C=O) groups excluding carboxylic acids is 1. The topological polar surface area (TPSA) is 138 Å². The maximum atomic E-state index is 15.9. The second-order valence-electron chi connectivity index (χ2n) is 8.66. The average molecular weight is 480 g/mol. The van der Waals surface area contributed by atoms with Crippen LogP contribution in [-0.2, 0) is 4.79 Å². The van der Waals surface area contributed by atoms with Crippen LogP contribution in [0.4, 0.5) is 10.1 Å². The molecule has 11 heteroatoms. The second kappa shape index (κ2) is 7.80. The van der Waals surface area contributed by atoms with Crippen molar-refractivity contribution in [1.82, 2.24) is 35.1 Å². The molecule has 1 fully saturated rings. The Bertz CT molecular complexity index is 1770. The van der Waals surface area contributed by atoms with Crippen molar-refractivity contribution >= 4 is 33.7 Å². The summed E-state index contributed by atoms with van der Waals surface area (Å²) >= 11 is 0. The van der Waals surface area contributed by atoms with E-state index >= 15 is 4.39 Å². The van der Waals surface area contributed by atoms with Crippen LogP contribution in [0.1, 0.15) is 12.8 Å². The van der Waals surface area contributed by atoms with Crippen LogP contribution in [0.25, 0.3) is 56.0 Å². The molecule has 0 saturated heterocycles. The van der Waals surface area contributed by atoms with Crippen LogP contribution in [0.3, 0.4) is 0 Å². The van der Waals surface area contributed by atoms with Crippen LogP contribution in [0.5, 0.6) is 0 Å². The van der Waals surface area contributed by atoms with Gasteiger partial charge in [-0.1, -0.05) is 0 Å². The van der Waals surface area contributed by atoms with E-state index in [0.717, 1.165) is 24.0 Å². The molecule has 0 unspecified atom stereocenters. The van der Waals surface area contributed by atoms with E-state index in [0.29, 0.717) is 39.4 Å². The fourth-order valence-corrected chi connectivity index (χ4v) is 4.25. The van der Waals surface area contributed by atoms with Gasteiger partial charge >= 0.3 is 0 Å². The number of amides is 1. The number of anilines is 1. The van der Waals surface area contributed by atoms with Gasteiger partial charge in [0.2, 0.25) is 5.91 Å². The number of hydrogen-bond acceptors (Lipinski definition) is 7. The van der Waals surface area contributed by atoms with Crippen LogP contribution in [0, 0.1) is 11.7 Å². The number of nitrogens with one attached hydrogen (secondary N) is 3. The van der Waals surface area contributed by atoms with Crippen molar-refractivity contribution in [1.29, 1.82) is 0 Å². The third-order valence-electron chi connectivity index (χ3n) is 6.21. The van der Waals surface area contributed by atoms with Crippen molar-refractivity contribution in [2.24, 2.45) is 5.92 Å². The Morgan fingerprint density at radius 1 is 1.11 bits per heavy atom. The molecule has 0 aromatic carbocycles. The first-order valence-electron chi connectivity index (χ1n) is 11.3. The molecule has 0 bridgehead atoms. The number of fused-ring (bicyclic) bond motifs is 2. The number of aromatic amines is 2. The number of halogens is 1. The summed E-state index contributed by atoms with van der Waals surface area (Å²) in [7, 11) is 0. The monoisotopic (exact) mass is 480 g/mol. The molecule has 0 spiro atoms. The smallest absolute Gasteiger partial charge is 0.227 e. The minimum atomic E-state index is -0.577. The molecular formula is C25H17FN8O2. The molecule has 3 N–H and O–H groups in total. The zero-order chi connectivity index (χ0) is 24.2. The number of H-pyrrole nitrogens is 2. The van der Waals surface area contributed by atoms with Crippen molar-refractivity contribution in [3.05, 3.63) is 61.3 Å². The zero-order valence-electron chi connectivity index (χ0n) is 18.6. The third-order valence-corrected chi connectivity index (χ3v) is 6.21. The van der Waals surface area contributed by atoms with Gasteiger partial charge in [0.05, 0.1) is 41.5 Å². The first-order valence-corrected chi connectivity index (χ1v) is 11.3. The molecule has 6 aromatic heterocycles. The number of rotatable bonds is 5. The molecule has 0 radical (unpaired) electrons. The quantitative estimate of drug-likeness (QED) is 0.325. The number of pyridine rings is 3. The van der Waals surface area contributed by atoms with Crippen molar-refractivity contribution < 1.29 is 13.6 Å². The maximum Gasteiger partial charge on any atom is 0.227 e. The normalized spacial score (nSPS) is 13.5. The van der Waals surface area contributed by atoms with Gasteiger partial charge in [0, 0.05) is 35.0 Å². The van der Waals surface area contributed by atoms with Gasteiger partial charge < -0.3 is 14.7 Å². The SMILES string of the molecule is O=C(Nc1cncc(-c2ncc3[nH]nc(-c4nc5c(-c6ccoc6)ccnc5[nH]4)c3c2F)c1)C1CC1. The van der Waals surface area contributed by atoms with Gasteiger partial charge in [-0.3, -0.25) is 19.9 Å². The lowest BCUT2D eigenvalue weighted by molar-refractivity contribution is -0.117. The largest absolute Gasteiger partial charge is 0.472 e. The van der Waals surface area contributed by atoms with E-state index in [4.69, 9.17) is 4.42 Å². The predicted molar refractivity (Wildman–Crippen MR) is 129 cm³/mol. The maximum absolute atomic E-state index is 15.9. The number of imidazole rings is 1. The van der Waals surface area contributed by atoms with Crippen molar-refractivity contribution in [3.8, 4) is 33.9 Å². The van der Waals surface area contributed by atoms with E-state index in [2.05, 4.69) is 40.4 Å². The number of hydrogen-bond donors (Lipinski definition) is 3. The van der Waals surface area contributed by atoms with Gasteiger partial charge in [-0.25, -0.2) is 14.4 Å². The molecule has 10 nitrogen and oxygen atoms in total. The summed E-state index contributed by atoms with van der Waals surface area (Å²) in [6.07, 6.45) is 11.2. The molecule has 1 aliphatic rings. The summed E-state index contributed by atoms with van der Waals surface area (Å²) in [6, 6.07) is 5.33. The molecule has 1 saturated carbocycles. The zero-order valence-corrected chi connectivity index (χ0v) is 18.6. The Hall–Kier alpha value is -4.93. The van der Waals surface area contributed by atoms with Crippen molar-refractivity contribution in [2.75, 3.05) is 5.32 Å². The number of carbonyl (C=O) groups is 1. The molecule has 1 aliphatic carbocycles. The van der Waals surface area contributed by atoms with E-state index in [1.54, 1.807) is 24.8 Å². The van der Waals surface area contributed by atoms with Gasteiger partial charge in [0.25, 0.3) is 0 Å². The van der Waals surface area contributed by atoms with E-state index in [1.807, 2.05) is 12.1 Å². The van der Waals surface area contributed by atoms with Crippen LogP contribution in [-0.4, -0.2) is 41.0 Å². The van der Waals surface area contributed by atoms with Gasteiger partial charge in [0.15, 0.2) is 17.3 Å². The summed E-state index contributed by atoms with van der Waals surface area (Å²) in [5.74, 6) is -0.226. The van der Waals surface area contributed by atoms with E-state index < -0.39 is 5.82 Å². The Balaban J connectivity index is 1.32. The number of aromatic nitrogens is 7. The molecule has 0 atom stereocenters. The molecule has 1 amide bonds. The fraction of sp³-hybridized carbons (Fsp3) is 0.120. The van der Waals surface area contributed by atoms with Crippen LogP contribution < -0.4 is 5.32 Å². The molecule has 36 heavy (non-hydrogen) atoms. The van der Waals surface area contributed by atoms with Gasteiger partial charge in [0.1, 0.15) is 16.9 Å².